The van der Waals surface area contributed by atoms with Crippen LogP contribution in [-0.2, 0) is 11.0 Å². The Morgan fingerprint density at radius 1 is 1.39 bits per heavy atom. The largest absolute Gasteiger partial charge is 0.416 e. The second-order valence-electron chi connectivity index (χ2n) is 4.92. The zero-order chi connectivity index (χ0) is 17.0. The van der Waals surface area contributed by atoms with E-state index in [1.54, 1.807) is 4.68 Å². The molecular weight excluding hydrogens is 331 g/mol. The Morgan fingerprint density at radius 3 is 2.78 bits per heavy atom. The lowest BCUT2D eigenvalue weighted by Crippen LogP contribution is -2.16. The molecule has 1 aromatic heterocycles. The minimum atomic E-state index is -4.45. The number of amides is 1. The Hall–Kier alpha value is -2.10. The van der Waals surface area contributed by atoms with Gasteiger partial charge in [0, 0.05) is 5.69 Å². The van der Waals surface area contributed by atoms with Crippen LogP contribution >= 0.6 is 11.8 Å². The zero-order valence-electron chi connectivity index (χ0n) is 12.3. The standard InChI is InChI=1S/C13H14F3N5OS/c1-8(2)21-12(18-19-20-21)23-7-11(22)17-10-5-3-4-9(6-10)13(14,15)16/h3-6,8H,7H2,1-2H3,(H,17,22). The van der Waals surface area contributed by atoms with Crippen LogP contribution in [0.2, 0.25) is 0 Å². The van der Waals surface area contributed by atoms with Crippen molar-refractivity contribution in [3.8, 4) is 0 Å². The molecule has 0 bridgehead atoms. The summed E-state index contributed by atoms with van der Waals surface area (Å²) in [4.78, 5) is 11.9. The van der Waals surface area contributed by atoms with Crippen molar-refractivity contribution in [2.24, 2.45) is 0 Å². The number of hydrogen-bond acceptors (Lipinski definition) is 5. The summed E-state index contributed by atoms with van der Waals surface area (Å²) in [7, 11) is 0. The lowest BCUT2D eigenvalue weighted by atomic mass is 10.2. The molecule has 0 aliphatic rings. The van der Waals surface area contributed by atoms with E-state index < -0.39 is 17.6 Å². The van der Waals surface area contributed by atoms with Gasteiger partial charge in [0.1, 0.15) is 0 Å². The van der Waals surface area contributed by atoms with Gasteiger partial charge in [-0.15, -0.1) is 5.10 Å². The Labute approximate surface area is 134 Å². The van der Waals surface area contributed by atoms with Gasteiger partial charge < -0.3 is 5.32 Å². The molecule has 0 aliphatic heterocycles. The zero-order valence-corrected chi connectivity index (χ0v) is 13.1. The molecule has 1 aromatic carbocycles. The quantitative estimate of drug-likeness (QED) is 0.844. The second-order valence-corrected chi connectivity index (χ2v) is 5.86. The van der Waals surface area contributed by atoms with E-state index in [0.717, 1.165) is 23.9 Å². The smallest absolute Gasteiger partial charge is 0.325 e. The second kappa shape index (κ2) is 6.99. The van der Waals surface area contributed by atoms with E-state index in [-0.39, 0.29) is 17.5 Å². The van der Waals surface area contributed by atoms with E-state index in [2.05, 4.69) is 20.8 Å². The highest BCUT2D eigenvalue weighted by Crippen LogP contribution is 2.30. The van der Waals surface area contributed by atoms with E-state index in [1.165, 1.54) is 12.1 Å². The van der Waals surface area contributed by atoms with Gasteiger partial charge in [0.15, 0.2) is 0 Å². The minimum Gasteiger partial charge on any atom is -0.325 e. The number of anilines is 1. The number of carbonyl (C=O) groups is 1. The number of thioether (sulfide) groups is 1. The predicted octanol–water partition coefficient (Wildman–Crippen LogP) is 3.00. The summed E-state index contributed by atoms with van der Waals surface area (Å²) in [6, 6.07) is 4.52. The third-order valence-electron chi connectivity index (χ3n) is 2.76. The maximum atomic E-state index is 12.6. The Kier molecular flexibility index (Phi) is 5.24. The maximum Gasteiger partial charge on any atom is 0.416 e. The van der Waals surface area contributed by atoms with Crippen LogP contribution in [0.25, 0.3) is 0 Å². The van der Waals surface area contributed by atoms with Crippen LogP contribution in [0.1, 0.15) is 25.5 Å². The number of hydrogen-bond donors (Lipinski definition) is 1. The van der Waals surface area contributed by atoms with Gasteiger partial charge in [-0.2, -0.15) is 13.2 Å². The number of alkyl halides is 3. The highest BCUT2D eigenvalue weighted by Gasteiger charge is 2.30. The van der Waals surface area contributed by atoms with Crippen molar-refractivity contribution in [1.29, 1.82) is 0 Å². The molecule has 0 radical (unpaired) electrons. The molecule has 10 heteroatoms. The molecular formula is C13H14F3N5OS. The third-order valence-corrected chi connectivity index (χ3v) is 3.69. The van der Waals surface area contributed by atoms with Crippen molar-refractivity contribution in [1.82, 2.24) is 20.2 Å². The maximum absolute atomic E-state index is 12.6. The topological polar surface area (TPSA) is 72.7 Å². The number of aromatic nitrogens is 4. The molecule has 0 saturated carbocycles. The Morgan fingerprint density at radius 2 is 2.13 bits per heavy atom. The van der Waals surface area contributed by atoms with Gasteiger partial charge in [-0.25, -0.2) is 4.68 Å². The number of halogens is 3. The molecule has 1 amide bonds. The lowest BCUT2D eigenvalue weighted by Gasteiger charge is -2.10. The van der Waals surface area contributed by atoms with Crippen molar-refractivity contribution < 1.29 is 18.0 Å². The Balaban J connectivity index is 1.96. The van der Waals surface area contributed by atoms with Gasteiger partial charge in [-0.1, -0.05) is 17.8 Å². The van der Waals surface area contributed by atoms with Crippen molar-refractivity contribution in [2.45, 2.75) is 31.2 Å². The first kappa shape index (κ1) is 17.3. The number of benzene rings is 1. The van der Waals surface area contributed by atoms with Crippen LogP contribution in [0.5, 0.6) is 0 Å². The van der Waals surface area contributed by atoms with Gasteiger partial charge in [-0.05, 0) is 42.5 Å². The molecule has 0 aliphatic carbocycles. The number of rotatable bonds is 5. The predicted molar refractivity (Wildman–Crippen MR) is 79.0 cm³/mol. The highest BCUT2D eigenvalue weighted by molar-refractivity contribution is 7.99. The Bertz CT molecular complexity index is 686. The van der Waals surface area contributed by atoms with E-state index in [9.17, 15) is 18.0 Å². The van der Waals surface area contributed by atoms with Crippen molar-refractivity contribution in [3.05, 3.63) is 29.8 Å². The third kappa shape index (κ3) is 4.68. The van der Waals surface area contributed by atoms with Crippen molar-refractivity contribution >= 4 is 23.4 Å². The SMILES string of the molecule is CC(C)n1nnnc1SCC(=O)Nc1cccc(C(F)(F)F)c1. The summed E-state index contributed by atoms with van der Waals surface area (Å²) in [5.74, 6) is -0.448. The van der Waals surface area contributed by atoms with Gasteiger partial charge in [0.05, 0.1) is 17.4 Å². The van der Waals surface area contributed by atoms with Crippen LogP contribution in [0.3, 0.4) is 0 Å². The lowest BCUT2D eigenvalue weighted by molar-refractivity contribution is -0.137. The van der Waals surface area contributed by atoms with Gasteiger partial charge >= 0.3 is 6.18 Å². The molecule has 2 aromatic rings. The first-order chi connectivity index (χ1) is 10.8. The highest BCUT2D eigenvalue weighted by atomic mass is 32.2. The normalized spacial score (nSPS) is 11.7. The van der Waals surface area contributed by atoms with Gasteiger partial charge in [-0.3, -0.25) is 4.79 Å². The fourth-order valence-corrected chi connectivity index (χ4v) is 2.51. The summed E-state index contributed by atoms with van der Waals surface area (Å²) < 4.78 is 39.4. The molecule has 0 fully saturated rings. The summed E-state index contributed by atoms with van der Waals surface area (Å²) in [6.07, 6.45) is -4.45. The molecule has 1 N–H and O–H groups in total. The number of tetrazole rings is 1. The van der Waals surface area contributed by atoms with Crippen molar-refractivity contribution in [2.75, 3.05) is 11.1 Å². The molecule has 0 saturated heterocycles. The first-order valence-electron chi connectivity index (χ1n) is 6.65. The molecule has 124 valence electrons. The molecule has 6 nitrogen and oxygen atoms in total. The molecule has 0 atom stereocenters. The molecule has 0 spiro atoms. The number of nitrogens with zero attached hydrogens (tertiary/aromatic N) is 4. The van der Waals surface area contributed by atoms with Crippen LogP contribution in [-0.4, -0.2) is 31.9 Å². The monoisotopic (exact) mass is 345 g/mol. The van der Waals surface area contributed by atoms with Crippen molar-refractivity contribution in [3.63, 3.8) is 0 Å². The molecule has 1 heterocycles. The summed E-state index contributed by atoms with van der Waals surface area (Å²) in [5.41, 5.74) is -0.722. The van der Waals surface area contributed by atoms with E-state index >= 15 is 0 Å². The number of carbonyl (C=O) groups excluding carboxylic acids is 1. The van der Waals surface area contributed by atoms with E-state index in [4.69, 9.17) is 0 Å². The van der Waals surface area contributed by atoms with E-state index in [1.807, 2.05) is 13.8 Å². The summed E-state index contributed by atoms with van der Waals surface area (Å²) in [5, 5.41) is 14.0. The average molecular weight is 345 g/mol. The van der Waals surface area contributed by atoms with Crippen LogP contribution in [0, 0.1) is 0 Å². The average Bonchev–Trinajstić information content (AvgIpc) is 2.93. The van der Waals surface area contributed by atoms with E-state index in [0.29, 0.717) is 5.16 Å². The number of nitrogens with one attached hydrogen (secondary N) is 1. The van der Waals surface area contributed by atoms with Gasteiger partial charge in [0.25, 0.3) is 0 Å². The van der Waals surface area contributed by atoms with Crippen LogP contribution < -0.4 is 5.32 Å². The van der Waals surface area contributed by atoms with Crippen LogP contribution in [0.15, 0.2) is 29.4 Å². The van der Waals surface area contributed by atoms with Crippen LogP contribution in [0.4, 0.5) is 18.9 Å². The minimum absolute atomic E-state index is 0.0106. The molecule has 2 rings (SSSR count). The summed E-state index contributed by atoms with van der Waals surface area (Å²) >= 11 is 1.11. The summed E-state index contributed by atoms with van der Waals surface area (Å²) in [6.45, 7) is 3.78. The fourth-order valence-electron chi connectivity index (χ4n) is 1.71. The molecule has 0 unspecified atom stereocenters. The first-order valence-corrected chi connectivity index (χ1v) is 7.63. The fraction of sp³-hybridized carbons (Fsp3) is 0.385. The van der Waals surface area contributed by atoms with Gasteiger partial charge in [0.2, 0.25) is 11.1 Å². The molecule has 23 heavy (non-hydrogen) atoms.